The van der Waals surface area contributed by atoms with Gasteiger partial charge in [-0.25, -0.2) is 0 Å². The molecule has 0 bridgehead atoms. The summed E-state index contributed by atoms with van der Waals surface area (Å²) < 4.78 is 55.3. The van der Waals surface area contributed by atoms with E-state index in [1.54, 1.807) is 19.2 Å². The minimum absolute atomic E-state index is 0.0618. The lowest BCUT2D eigenvalue weighted by Crippen LogP contribution is -2.34. The summed E-state index contributed by atoms with van der Waals surface area (Å²) in [7, 11) is 3.06. The molecule has 6 nitrogen and oxygen atoms in total. The predicted octanol–water partition coefficient (Wildman–Crippen LogP) is 5.06. The molecule has 186 valence electrons. The Morgan fingerprint density at radius 2 is 1.60 bits per heavy atom. The fourth-order valence-corrected chi connectivity index (χ4v) is 3.39. The molecular formula is C26H27F3N2O4. The molecule has 0 saturated heterocycles. The molecule has 0 aliphatic carbocycles. The molecule has 0 saturated carbocycles. The number of carbonyl (C=O) groups is 1. The first kappa shape index (κ1) is 25.9. The van der Waals surface area contributed by atoms with E-state index >= 15 is 0 Å². The van der Waals surface area contributed by atoms with Crippen LogP contribution in [0.15, 0.2) is 72.8 Å². The van der Waals surface area contributed by atoms with Crippen molar-refractivity contribution in [2.24, 2.45) is 0 Å². The number of rotatable bonds is 11. The fourth-order valence-electron chi connectivity index (χ4n) is 3.39. The van der Waals surface area contributed by atoms with Gasteiger partial charge in [0, 0.05) is 7.11 Å². The van der Waals surface area contributed by atoms with Crippen molar-refractivity contribution in [3.05, 3.63) is 89.5 Å². The Labute approximate surface area is 202 Å². The summed E-state index contributed by atoms with van der Waals surface area (Å²) in [5.41, 5.74) is 0.897. The van der Waals surface area contributed by atoms with Gasteiger partial charge < -0.3 is 24.8 Å². The Hall–Kier alpha value is -3.72. The lowest BCUT2D eigenvalue weighted by molar-refractivity contribution is -0.137. The molecule has 1 atom stereocenters. The number of benzene rings is 3. The zero-order chi connectivity index (χ0) is 25.3. The number of halogens is 3. The lowest BCUT2D eigenvalue weighted by Gasteiger charge is -2.21. The molecule has 3 aromatic carbocycles. The number of alkyl halides is 3. The van der Waals surface area contributed by atoms with E-state index in [1.165, 1.54) is 13.2 Å². The van der Waals surface area contributed by atoms with Crippen molar-refractivity contribution < 1.29 is 32.2 Å². The van der Waals surface area contributed by atoms with Crippen molar-refractivity contribution >= 4 is 11.6 Å². The minimum atomic E-state index is -4.53. The van der Waals surface area contributed by atoms with Gasteiger partial charge in [0.05, 0.1) is 37.6 Å². The van der Waals surface area contributed by atoms with Gasteiger partial charge in [0.15, 0.2) is 0 Å². The molecule has 0 aromatic heterocycles. The van der Waals surface area contributed by atoms with Gasteiger partial charge in [0.25, 0.3) is 0 Å². The largest absolute Gasteiger partial charge is 0.497 e. The summed E-state index contributed by atoms with van der Waals surface area (Å²) in [4.78, 5) is 12.9. The number of hydrogen-bond acceptors (Lipinski definition) is 5. The fraction of sp³-hybridized carbons (Fsp3) is 0.269. The highest BCUT2D eigenvalue weighted by molar-refractivity contribution is 5.82. The van der Waals surface area contributed by atoms with Crippen molar-refractivity contribution in [3.8, 4) is 11.5 Å². The maximum absolute atomic E-state index is 13.2. The summed E-state index contributed by atoms with van der Waals surface area (Å²) in [6.07, 6.45) is -4.53. The molecule has 3 rings (SSSR count). The molecule has 0 heterocycles. The molecule has 0 fully saturated rings. The average Bonchev–Trinajstić information content (AvgIpc) is 2.86. The molecule has 35 heavy (non-hydrogen) atoms. The van der Waals surface area contributed by atoms with Crippen LogP contribution in [0, 0.1) is 0 Å². The highest BCUT2D eigenvalue weighted by Gasteiger charge is 2.31. The molecule has 1 unspecified atom stereocenters. The molecule has 0 aliphatic heterocycles. The second-order valence-electron chi connectivity index (χ2n) is 7.59. The summed E-state index contributed by atoms with van der Waals surface area (Å²) >= 11 is 0. The standard InChI is InChI=1S/C26H27F3N2O4/c1-33-14-15-35-23-13-10-20(26(27,28)29)16-22(23)30-17-24(32)31-25(18-6-4-3-5-7-18)19-8-11-21(34-2)12-9-19/h3-13,16,25,30H,14-15,17H2,1-2H3,(H,31,32). The monoisotopic (exact) mass is 488 g/mol. The van der Waals surface area contributed by atoms with E-state index in [0.717, 1.165) is 23.3 Å². The molecule has 9 heteroatoms. The van der Waals surface area contributed by atoms with Crippen LogP contribution in [-0.2, 0) is 15.7 Å². The Bertz CT molecular complexity index is 1090. The van der Waals surface area contributed by atoms with Crippen LogP contribution in [0.2, 0.25) is 0 Å². The van der Waals surface area contributed by atoms with E-state index in [4.69, 9.17) is 14.2 Å². The summed E-state index contributed by atoms with van der Waals surface area (Å²) in [5, 5.41) is 5.73. The average molecular weight is 489 g/mol. The smallest absolute Gasteiger partial charge is 0.416 e. The van der Waals surface area contributed by atoms with Crippen LogP contribution < -0.4 is 20.1 Å². The van der Waals surface area contributed by atoms with E-state index in [-0.39, 0.29) is 31.2 Å². The Balaban J connectivity index is 1.77. The van der Waals surface area contributed by atoms with Gasteiger partial charge in [-0.05, 0) is 41.5 Å². The first-order chi connectivity index (χ1) is 16.8. The van der Waals surface area contributed by atoms with Crippen LogP contribution in [0.3, 0.4) is 0 Å². The normalized spacial score (nSPS) is 12.0. The quantitative estimate of drug-likeness (QED) is 0.370. The van der Waals surface area contributed by atoms with Gasteiger partial charge in [-0.15, -0.1) is 0 Å². The molecule has 0 spiro atoms. The van der Waals surface area contributed by atoms with Crippen LogP contribution in [0.25, 0.3) is 0 Å². The van der Waals surface area contributed by atoms with Crippen molar-refractivity contribution in [1.29, 1.82) is 0 Å². The second kappa shape index (κ2) is 12.1. The van der Waals surface area contributed by atoms with Gasteiger partial charge in [0.1, 0.15) is 18.1 Å². The van der Waals surface area contributed by atoms with Crippen molar-refractivity contribution in [1.82, 2.24) is 5.32 Å². The zero-order valence-corrected chi connectivity index (χ0v) is 19.4. The molecule has 1 amide bonds. The van der Waals surface area contributed by atoms with Crippen molar-refractivity contribution in [2.75, 3.05) is 39.3 Å². The Morgan fingerprint density at radius 1 is 0.914 bits per heavy atom. The van der Waals surface area contributed by atoms with Crippen molar-refractivity contribution in [2.45, 2.75) is 12.2 Å². The van der Waals surface area contributed by atoms with E-state index in [2.05, 4.69) is 10.6 Å². The lowest BCUT2D eigenvalue weighted by atomic mass is 9.98. The highest BCUT2D eigenvalue weighted by atomic mass is 19.4. The molecule has 0 radical (unpaired) electrons. The van der Waals surface area contributed by atoms with E-state index in [1.807, 2.05) is 42.5 Å². The first-order valence-corrected chi connectivity index (χ1v) is 10.9. The van der Waals surface area contributed by atoms with Crippen LogP contribution >= 0.6 is 0 Å². The van der Waals surface area contributed by atoms with Gasteiger partial charge in [-0.3, -0.25) is 4.79 Å². The number of amides is 1. The second-order valence-corrected chi connectivity index (χ2v) is 7.59. The SMILES string of the molecule is COCCOc1ccc(C(F)(F)F)cc1NCC(=O)NC(c1ccccc1)c1ccc(OC)cc1. The predicted molar refractivity (Wildman–Crippen MR) is 127 cm³/mol. The van der Waals surface area contributed by atoms with Gasteiger partial charge in [-0.1, -0.05) is 42.5 Å². The third kappa shape index (κ3) is 7.38. The van der Waals surface area contributed by atoms with Crippen LogP contribution in [0.1, 0.15) is 22.7 Å². The Kier molecular flexibility index (Phi) is 8.97. The number of anilines is 1. The molecule has 3 aromatic rings. The summed E-state index contributed by atoms with van der Waals surface area (Å²) in [6.45, 7) is 0.152. The first-order valence-electron chi connectivity index (χ1n) is 10.9. The molecule has 2 N–H and O–H groups in total. The number of hydrogen-bond donors (Lipinski definition) is 2. The van der Waals surface area contributed by atoms with Gasteiger partial charge in [-0.2, -0.15) is 13.2 Å². The molecule has 0 aliphatic rings. The minimum Gasteiger partial charge on any atom is -0.497 e. The Morgan fingerprint density at radius 3 is 2.23 bits per heavy atom. The van der Waals surface area contributed by atoms with E-state index in [9.17, 15) is 18.0 Å². The summed E-state index contributed by atoms with van der Waals surface area (Å²) in [6, 6.07) is 19.3. The number of methoxy groups -OCH3 is 2. The summed E-state index contributed by atoms with van der Waals surface area (Å²) in [5.74, 6) is 0.464. The third-order valence-corrected chi connectivity index (χ3v) is 5.18. The highest BCUT2D eigenvalue weighted by Crippen LogP contribution is 2.35. The van der Waals surface area contributed by atoms with E-state index in [0.29, 0.717) is 5.75 Å². The third-order valence-electron chi connectivity index (χ3n) is 5.18. The number of ether oxygens (including phenoxy) is 3. The van der Waals surface area contributed by atoms with Crippen molar-refractivity contribution in [3.63, 3.8) is 0 Å². The number of nitrogens with one attached hydrogen (secondary N) is 2. The van der Waals surface area contributed by atoms with E-state index < -0.39 is 23.7 Å². The van der Waals surface area contributed by atoms with Crippen LogP contribution in [-0.4, -0.2) is 39.9 Å². The van der Waals surface area contributed by atoms with Crippen LogP contribution in [0.4, 0.5) is 18.9 Å². The maximum atomic E-state index is 13.2. The van der Waals surface area contributed by atoms with Gasteiger partial charge >= 0.3 is 6.18 Å². The van der Waals surface area contributed by atoms with Gasteiger partial charge in [0.2, 0.25) is 5.91 Å². The number of carbonyl (C=O) groups excluding carboxylic acids is 1. The molecular weight excluding hydrogens is 461 g/mol. The maximum Gasteiger partial charge on any atom is 0.416 e. The van der Waals surface area contributed by atoms with Crippen LogP contribution in [0.5, 0.6) is 11.5 Å². The topological polar surface area (TPSA) is 68.8 Å². The zero-order valence-electron chi connectivity index (χ0n) is 19.4.